The zero-order valence-electron chi connectivity index (χ0n) is 10.7. The molecule has 0 spiro atoms. The molecule has 3 heteroatoms. The smallest absolute Gasteiger partial charge is 0.320 e. The van der Waals surface area contributed by atoms with Crippen LogP contribution in [0.5, 0.6) is 0 Å². The van der Waals surface area contributed by atoms with Crippen molar-refractivity contribution in [3.8, 4) is 0 Å². The molecule has 15 heavy (non-hydrogen) atoms. The van der Waals surface area contributed by atoms with Gasteiger partial charge in [-0.15, -0.1) is 0 Å². The van der Waals surface area contributed by atoms with Gasteiger partial charge in [-0.2, -0.15) is 0 Å². The van der Waals surface area contributed by atoms with Crippen molar-refractivity contribution in [1.29, 1.82) is 0 Å². The lowest BCUT2D eigenvalue weighted by Gasteiger charge is -2.28. The second kappa shape index (κ2) is 6.83. The number of nitrogens with zero attached hydrogens (tertiary/aromatic N) is 1. The summed E-state index contributed by atoms with van der Waals surface area (Å²) in [7, 11) is 1.91. The molecule has 0 aromatic carbocycles. The van der Waals surface area contributed by atoms with Crippen LogP contribution in [0.15, 0.2) is 0 Å². The number of carbonyl (C=O) groups is 1. The number of hydrogen-bond donors (Lipinski definition) is 1. The van der Waals surface area contributed by atoms with Gasteiger partial charge in [-0.05, 0) is 25.3 Å². The van der Waals surface area contributed by atoms with Crippen LogP contribution in [0.25, 0.3) is 0 Å². The van der Waals surface area contributed by atoms with Crippen molar-refractivity contribution in [2.24, 2.45) is 11.8 Å². The zero-order valence-corrected chi connectivity index (χ0v) is 10.7. The zero-order chi connectivity index (χ0) is 12.0. The highest BCUT2D eigenvalue weighted by molar-refractivity contribution is 5.73. The quantitative estimate of drug-likeness (QED) is 0.709. The molecule has 2 atom stereocenters. The van der Waals surface area contributed by atoms with E-state index in [2.05, 4.69) is 27.7 Å². The summed E-state index contributed by atoms with van der Waals surface area (Å²) in [6, 6.07) is -0.334. The average Bonchev–Trinajstić information content (AvgIpc) is 2.12. The molecular formula is C12H25NO2. The minimum Gasteiger partial charge on any atom is -0.480 e. The monoisotopic (exact) mass is 215 g/mol. The lowest BCUT2D eigenvalue weighted by Crippen LogP contribution is -2.41. The molecule has 3 nitrogen and oxygen atoms in total. The maximum atomic E-state index is 11.1. The Labute approximate surface area is 93.5 Å². The first-order valence-corrected chi connectivity index (χ1v) is 5.81. The second-order valence-electron chi connectivity index (χ2n) is 4.94. The summed E-state index contributed by atoms with van der Waals surface area (Å²) in [6.45, 7) is 9.28. The molecule has 0 aromatic heterocycles. The maximum absolute atomic E-state index is 11.1. The fraction of sp³-hybridized carbons (Fsp3) is 0.917. The molecule has 0 aliphatic heterocycles. The van der Waals surface area contributed by atoms with E-state index in [9.17, 15) is 4.79 Å². The van der Waals surface area contributed by atoms with Gasteiger partial charge in [0.2, 0.25) is 0 Å². The Kier molecular flexibility index (Phi) is 6.57. The van der Waals surface area contributed by atoms with E-state index < -0.39 is 5.97 Å². The lowest BCUT2D eigenvalue weighted by molar-refractivity contribution is -0.143. The minimum absolute atomic E-state index is 0.334. The highest BCUT2D eigenvalue weighted by Crippen LogP contribution is 2.13. The van der Waals surface area contributed by atoms with Gasteiger partial charge in [0, 0.05) is 6.54 Å². The van der Waals surface area contributed by atoms with Crippen LogP contribution in [0.1, 0.15) is 40.5 Å². The maximum Gasteiger partial charge on any atom is 0.320 e. The first-order valence-electron chi connectivity index (χ1n) is 5.81. The standard InChI is InChI=1S/C12H25NO2/c1-6-10(4)8-13(5)11(12(14)15)7-9(2)3/h9-11H,6-8H2,1-5H3,(H,14,15)/t10?,11-/m0/s1. The molecule has 1 unspecified atom stereocenters. The van der Waals surface area contributed by atoms with Gasteiger partial charge in [0.15, 0.2) is 0 Å². The normalized spacial score (nSPS) is 15.7. The summed E-state index contributed by atoms with van der Waals surface area (Å²) in [5.41, 5.74) is 0. The van der Waals surface area contributed by atoms with E-state index >= 15 is 0 Å². The van der Waals surface area contributed by atoms with Crippen molar-refractivity contribution < 1.29 is 9.90 Å². The highest BCUT2D eigenvalue weighted by Gasteiger charge is 2.24. The molecule has 0 amide bonds. The number of aliphatic carboxylic acids is 1. The molecule has 0 saturated carbocycles. The van der Waals surface area contributed by atoms with Crippen LogP contribution >= 0.6 is 0 Å². The van der Waals surface area contributed by atoms with E-state index in [1.165, 1.54) is 0 Å². The minimum atomic E-state index is -0.700. The van der Waals surface area contributed by atoms with Gasteiger partial charge in [0.1, 0.15) is 6.04 Å². The Morgan fingerprint density at radius 3 is 2.20 bits per heavy atom. The summed E-state index contributed by atoms with van der Waals surface area (Å²) >= 11 is 0. The van der Waals surface area contributed by atoms with E-state index in [4.69, 9.17) is 5.11 Å². The van der Waals surface area contributed by atoms with E-state index in [1.54, 1.807) is 0 Å². The van der Waals surface area contributed by atoms with Crippen LogP contribution in [0.2, 0.25) is 0 Å². The van der Waals surface area contributed by atoms with Crippen LogP contribution in [0.4, 0.5) is 0 Å². The average molecular weight is 215 g/mol. The molecule has 0 fully saturated rings. The molecule has 1 N–H and O–H groups in total. The second-order valence-corrected chi connectivity index (χ2v) is 4.94. The van der Waals surface area contributed by atoms with Crippen LogP contribution in [0, 0.1) is 11.8 Å². The molecule has 0 aliphatic rings. The largest absolute Gasteiger partial charge is 0.480 e. The molecule has 0 rings (SSSR count). The SMILES string of the molecule is CCC(C)CN(C)[C@@H](CC(C)C)C(=O)O. The predicted octanol–water partition coefficient (Wildman–Crippen LogP) is 2.46. The van der Waals surface area contributed by atoms with Gasteiger partial charge in [0.25, 0.3) is 0 Å². The van der Waals surface area contributed by atoms with E-state index in [0.29, 0.717) is 11.8 Å². The van der Waals surface area contributed by atoms with Gasteiger partial charge in [0.05, 0.1) is 0 Å². The van der Waals surface area contributed by atoms with Crippen LogP contribution < -0.4 is 0 Å². The fourth-order valence-corrected chi connectivity index (χ4v) is 1.66. The van der Waals surface area contributed by atoms with Crippen molar-refractivity contribution in [1.82, 2.24) is 4.90 Å². The summed E-state index contributed by atoms with van der Waals surface area (Å²) < 4.78 is 0. The lowest BCUT2D eigenvalue weighted by atomic mass is 10.0. The van der Waals surface area contributed by atoms with Gasteiger partial charge < -0.3 is 5.11 Å². The third kappa shape index (κ3) is 5.78. The number of carboxylic acids is 1. The first-order chi connectivity index (χ1) is 6.88. The fourth-order valence-electron chi connectivity index (χ4n) is 1.66. The van der Waals surface area contributed by atoms with Crippen LogP contribution in [-0.4, -0.2) is 35.6 Å². The Hall–Kier alpha value is -0.570. The molecule has 0 aromatic rings. The van der Waals surface area contributed by atoms with Crippen molar-refractivity contribution in [3.63, 3.8) is 0 Å². The van der Waals surface area contributed by atoms with Crippen molar-refractivity contribution >= 4 is 5.97 Å². The molecule has 90 valence electrons. The Balaban J connectivity index is 4.28. The van der Waals surface area contributed by atoms with Gasteiger partial charge >= 0.3 is 5.97 Å². The van der Waals surface area contributed by atoms with E-state index in [1.807, 2.05) is 11.9 Å². The molecule has 0 saturated heterocycles. The molecule has 0 bridgehead atoms. The molecule has 0 radical (unpaired) electrons. The number of likely N-dealkylation sites (N-methyl/N-ethyl adjacent to an activating group) is 1. The molecular weight excluding hydrogens is 190 g/mol. The molecule has 0 aliphatic carbocycles. The third-order valence-electron chi connectivity index (χ3n) is 2.81. The summed E-state index contributed by atoms with van der Waals surface area (Å²) in [5.74, 6) is 0.281. The highest BCUT2D eigenvalue weighted by atomic mass is 16.4. The van der Waals surface area contributed by atoms with Crippen molar-refractivity contribution in [2.75, 3.05) is 13.6 Å². The molecule has 0 heterocycles. The van der Waals surface area contributed by atoms with Crippen LogP contribution in [-0.2, 0) is 4.79 Å². The van der Waals surface area contributed by atoms with E-state index in [0.717, 1.165) is 19.4 Å². The summed E-state index contributed by atoms with van der Waals surface area (Å²) in [6.07, 6.45) is 1.82. The van der Waals surface area contributed by atoms with Crippen molar-refractivity contribution in [3.05, 3.63) is 0 Å². The predicted molar refractivity (Wildman–Crippen MR) is 63.0 cm³/mol. The number of rotatable bonds is 7. The first kappa shape index (κ1) is 14.4. The van der Waals surface area contributed by atoms with Crippen molar-refractivity contribution in [2.45, 2.75) is 46.6 Å². The Morgan fingerprint density at radius 2 is 1.87 bits per heavy atom. The van der Waals surface area contributed by atoms with Gasteiger partial charge in [-0.3, -0.25) is 9.69 Å². The summed E-state index contributed by atoms with van der Waals surface area (Å²) in [4.78, 5) is 13.1. The topological polar surface area (TPSA) is 40.5 Å². The van der Waals surface area contributed by atoms with Crippen LogP contribution in [0.3, 0.4) is 0 Å². The Bertz CT molecular complexity index is 192. The van der Waals surface area contributed by atoms with Gasteiger partial charge in [-0.1, -0.05) is 34.1 Å². The van der Waals surface area contributed by atoms with Gasteiger partial charge in [-0.25, -0.2) is 0 Å². The number of carboxylic acid groups (broad SMARTS) is 1. The Morgan fingerprint density at radius 1 is 1.33 bits per heavy atom. The third-order valence-corrected chi connectivity index (χ3v) is 2.81. The van der Waals surface area contributed by atoms with E-state index in [-0.39, 0.29) is 6.04 Å². The number of hydrogen-bond acceptors (Lipinski definition) is 2. The summed E-state index contributed by atoms with van der Waals surface area (Å²) in [5, 5.41) is 9.14.